The molecule has 144 valence electrons. The fourth-order valence-electron chi connectivity index (χ4n) is 2.61. The molecule has 3 rings (SSSR count). The third-order valence-electron chi connectivity index (χ3n) is 4.15. The maximum absolute atomic E-state index is 4.12. The first-order valence-corrected chi connectivity index (χ1v) is 9.99. The summed E-state index contributed by atoms with van der Waals surface area (Å²) in [5.74, 6) is 1.56. The van der Waals surface area contributed by atoms with Gasteiger partial charge in [-0.05, 0) is 52.6 Å². The highest BCUT2D eigenvalue weighted by Gasteiger charge is 2.08. The maximum Gasteiger partial charge on any atom is 0.214 e. The van der Waals surface area contributed by atoms with E-state index in [1.807, 2.05) is 30.3 Å². The summed E-state index contributed by atoms with van der Waals surface area (Å²) in [5, 5.41) is 16.3. The lowest BCUT2D eigenvalue weighted by Gasteiger charge is -2.08. The van der Waals surface area contributed by atoms with Crippen molar-refractivity contribution in [3.63, 3.8) is 0 Å². The minimum atomic E-state index is 0. The van der Waals surface area contributed by atoms with E-state index in [4.69, 9.17) is 0 Å². The number of hydrogen-bond donors (Lipinski definition) is 1. The Labute approximate surface area is 171 Å². The molecule has 0 atom stereocenters. The van der Waals surface area contributed by atoms with Crippen LogP contribution in [0.25, 0.3) is 5.69 Å². The summed E-state index contributed by atoms with van der Waals surface area (Å²) in [6.07, 6.45) is 1.07. The minimum absolute atomic E-state index is 0. The van der Waals surface area contributed by atoms with Crippen LogP contribution in [0.1, 0.15) is 37.3 Å². The van der Waals surface area contributed by atoms with Gasteiger partial charge in [-0.15, -0.1) is 17.5 Å². The van der Waals surface area contributed by atoms with Gasteiger partial charge in [0.15, 0.2) is 0 Å². The molecule has 5 nitrogen and oxygen atoms in total. The van der Waals surface area contributed by atoms with Gasteiger partial charge in [0.2, 0.25) is 5.16 Å². The Hall–Kier alpha value is -1.89. The zero-order chi connectivity index (χ0) is 18.2. The van der Waals surface area contributed by atoms with Crippen LogP contribution in [-0.2, 0) is 6.54 Å². The van der Waals surface area contributed by atoms with E-state index in [1.165, 1.54) is 11.1 Å². The molecule has 0 aliphatic rings. The van der Waals surface area contributed by atoms with Crippen molar-refractivity contribution >= 4 is 24.2 Å². The van der Waals surface area contributed by atoms with Gasteiger partial charge >= 0.3 is 0 Å². The van der Waals surface area contributed by atoms with Crippen molar-refractivity contribution in [3.8, 4) is 5.69 Å². The first kappa shape index (κ1) is 21.4. The Bertz CT molecular complexity index is 790. The van der Waals surface area contributed by atoms with Gasteiger partial charge in [-0.3, -0.25) is 0 Å². The average Bonchev–Trinajstić information content (AvgIpc) is 3.14. The lowest BCUT2D eigenvalue weighted by Crippen LogP contribution is -2.15. The van der Waals surface area contributed by atoms with Crippen LogP contribution in [0.4, 0.5) is 0 Å². The molecule has 27 heavy (non-hydrogen) atoms. The van der Waals surface area contributed by atoms with Crippen molar-refractivity contribution in [2.45, 2.75) is 37.9 Å². The quantitative estimate of drug-likeness (QED) is 0.421. The number of aromatic nitrogens is 4. The Kier molecular flexibility index (Phi) is 8.78. The molecule has 7 heteroatoms. The molecule has 1 N–H and O–H groups in total. The van der Waals surface area contributed by atoms with E-state index in [-0.39, 0.29) is 12.4 Å². The number of hydrogen-bond acceptors (Lipinski definition) is 5. The Morgan fingerprint density at radius 2 is 1.78 bits per heavy atom. The highest BCUT2D eigenvalue weighted by Crippen LogP contribution is 2.18. The second kappa shape index (κ2) is 11.1. The number of nitrogens with one attached hydrogen (secondary N) is 1. The van der Waals surface area contributed by atoms with E-state index in [9.17, 15) is 0 Å². The molecular weight excluding hydrogens is 378 g/mol. The van der Waals surface area contributed by atoms with Crippen molar-refractivity contribution in [2.75, 3.05) is 12.3 Å². The second-order valence-corrected chi connectivity index (χ2v) is 7.55. The molecule has 0 saturated heterocycles. The van der Waals surface area contributed by atoms with Crippen LogP contribution in [0.15, 0.2) is 59.8 Å². The fourth-order valence-corrected chi connectivity index (χ4v) is 3.44. The highest BCUT2D eigenvalue weighted by molar-refractivity contribution is 7.99. The summed E-state index contributed by atoms with van der Waals surface area (Å²) >= 11 is 1.69. The van der Waals surface area contributed by atoms with Gasteiger partial charge < -0.3 is 5.32 Å². The number of benzene rings is 2. The van der Waals surface area contributed by atoms with E-state index in [2.05, 4.69) is 59.0 Å². The number of nitrogens with zero attached hydrogens (tertiary/aromatic N) is 4. The van der Waals surface area contributed by atoms with Crippen molar-refractivity contribution in [2.24, 2.45) is 0 Å². The molecule has 0 saturated carbocycles. The normalized spacial score (nSPS) is 10.8. The molecule has 3 aromatic rings. The standard InChI is InChI=1S/C20H25N5S.ClH/c1-16(2)18-11-9-17(10-12-18)15-21-13-6-14-26-20-22-23-24-25(20)19-7-4-3-5-8-19;/h3-5,7-12,16,21H,6,13-15H2,1-2H3;1H. The van der Waals surface area contributed by atoms with Crippen LogP contribution in [0.3, 0.4) is 0 Å². The van der Waals surface area contributed by atoms with Crippen LogP contribution < -0.4 is 5.32 Å². The smallest absolute Gasteiger partial charge is 0.214 e. The van der Waals surface area contributed by atoms with Gasteiger partial charge in [-0.25, -0.2) is 0 Å². The van der Waals surface area contributed by atoms with Crippen molar-refractivity contribution < 1.29 is 0 Å². The number of tetrazole rings is 1. The van der Waals surface area contributed by atoms with E-state index in [0.717, 1.165) is 36.1 Å². The minimum Gasteiger partial charge on any atom is -0.313 e. The summed E-state index contributed by atoms with van der Waals surface area (Å²) in [5.41, 5.74) is 3.71. The van der Waals surface area contributed by atoms with Crippen molar-refractivity contribution in [1.82, 2.24) is 25.5 Å². The highest BCUT2D eigenvalue weighted by atomic mass is 35.5. The summed E-state index contributed by atoms with van der Waals surface area (Å²) in [6.45, 7) is 6.33. The lowest BCUT2D eigenvalue weighted by atomic mass is 10.0. The number of rotatable bonds is 9. The molecule has 0 fully saturated rings. The largest absolute Gasteiger partial charge is 0.313 e. The summed E-state index contributed by atoms with van der Waals surface area (Å²) in [4.78, 5) is 0. The predicted octanol–water partition coefficient (Wildman–Crippen LogP) is 4.48. The van der Waals surface area contributed by atoms with Gasteiger partial charge in [0.1, 0.15) is 0 Å². The molecule has 0 unspecified atom stereocenters. The van der Waals surface area contributed by atoms with Gasteiger partial charge in [0.05, 0.1) is 5.69 Å². The topological polar surface area (TPSA) is 55.6 Å². The van der Waals surface area contributed by atoms with Crippen LogP contribution in [0, 0.1) is 0 Å². The Balaban J connectivity index is 0.00000261. The lowest BCUT2D eigenvalue weighted by molar-refractivity contribution is 0.677. The zero-order valence-corrected chi connectivity index (χ0v) is 17.3. The van der Waals surface area contributed by atoms with Crippen LogP contribution in [0.2, 0.25) is 0 Å². The molecule has 1 aromatic heterocycles. The van der Waals surface area contributed by atoms with E-state index >= 15 is 0 Å². The molecule has 0 aliphatic carbocycles. The molecule has 0 radical (unpaired) electrons. The van der Waals surface area contributed by atoms with Crippen LogP contribution in [0.5, 0.6) is 0 Å². The summed E-state index contributed by atoms with van der Waals surface area (Å²) in [7, 11) is 0. The molecule has 1 heterocycles. The molecule has 0 aliphatic heterocycles. The third kappa shape index (κ3) is 6.34. The molecule has 0 amide bonds. The summed E-state index contributed by atoms with van der Waals surface area (Å²) in [6, 6.07) is 18.9. The van der Waals surface area contributed by atoms with Gasteiger partial charge in [-0.2, -0.15) is 4.68 Å². The zero-order valence-electron chi connectivity index (χ0n) is 15.7. The van der Waals surface area contributed by atoms with Crippen molar-refractivity contribution in [3.05, 3.63) is 65.7 Å². The molecular formula is C20H26ClN5S. The SMILES string of the molecule is CC(C)c1ccc(CNCCCSc2nnnn2-c2ccccc2)cc1.Cl. The third-order valence-corrected chi connectivity index (χ3v) is 5.15. The van der Waals surface area contributed by atoms with Crippen molar-refractivity contribution in [1.29, 1.82) is 0 Å². The van der Waals surface area contributed by atoms with Gasteiger partial charge in [0.25, 0.3) is 0 Å². The van der Waals surface area contributed by atoms with Gasteiger partial charge in [-0.1, -0.05) is 68.1 Å². The first-order valence-electron chi connectivity index (χ1n) is 9.00. The fraction of sp³-hybridized carbons (Fsp3) is 0.350. The molecule has 0 spiro atoms. The number of thioether (sulfide) groups is 1. The van der Waals surface area contributed by atoms with Gasteiger partial charge in [0, 0.05) is 12.3 Å². The van der Waals surface area contributed by atoms with E-state index in [1.54, 1.807) is 16.4 Å². The second-order valence-electron chi connectivity index (χ2n) is 6.48. The van der Waals surface area contributed by atoms with Crippen LogP contribution >= 0.6 is 24.2 Å². The monoisotopic (exact) mass is 403 g/mol. The Morgan fingerprint density at radius 3 is 2.48 bits per heavy atom. The molecule has 2 aromatic carbocycles. The summed E-state index contributed by atoms with van der Waals surface area (Å²) < 4.78 is 1.79. The number of halogens is 1. The maximum atomic E-state index is 4.12. The Morgan fingerprint density at radius 1 is 1.04 bits per heavy atom. The predicted molar refractivity (Wildman–Crippen MR) is 114 cm³/mol. The first-order chi connectivity index (χ1) is 12.7. The van der Waals surface area contributed by atoms with E-state index < -0.39 is 0 Å². The average molecular weight is 404 g/mol. The number of para-hydroxylation sites is 1. The van der Waals surface area contributed by atoms with Crippen LogP contribution in [-0.4, -0.2) is 32.5 Å². The van der Waals surface area contributed by atoms with E-state index in [0.29, 0.717) is 5.92 Å². The molecule has 0 bridgehead atoms.